The number of rotatable bonds is 2. The molecule has 0 amide bonds. The van der Waals surface area contributed by atoms with Crippen molar-refractivity contribution in [2.24, 2.45) is 7.05 Å². The van der Waals surface area contributed by atoms with Crippen LogP contribution in [0.1, 0.15) is 5.56 Å². The summed E-state index contributed by atoms with van der Waals surface area (Å²) in [6.07, 6.45) is 0. The second kappa shape index (κ2) is 5.16. The lowest BCUT2D eigenvalue weighted by molar-refractivity contribution is 0.444. The maximum atomic E-state index is 13.1. The van der Waals surface area contributed by atoms with Gasteiger partial charge in [-0.25, -0.2) is 18.0 Å². The van der Waals surface area contributed by atoms with Crippen molar-refractivity contribution >= 4 is 11.6 Å². The van der Waals surface area contributed by atoms with Crippen molar-refractivity contribution in [2.75, 3.05) is 0 Å². The van der Waals surface area contributed by atoms with Crippen LogP contribution in [-0.2, 0) is 13.6 Å². The quantitative estimate of drug-likeness (QED) is 0.626. The van der Waals surface area contributed by atoms with Gasteiger partial charge in [-0.15, -0.1) is 0 Å². The molecule has 0 aliphatic rings. The highest BCUT2D eigenvalue weighted by Gasteiger charge is 2.13. The summed E-state index contributed by atoms with van der Waals surface area (Å²) < 4.78 is 40.8. The zero-order valence-electron chi connectivity index (χ0n) is 10.2. The third kappa shape index (κ3) is 2.49. The van der Waals surface area contributed by atoms with Crippen molar-refractivity contribution in [1.29, 1.82) is 0 Å². The van der Waals surface area contributed by atoms with Crippen molar-refractivity contribution in [3.8, 4) is 0 Å². The Balaban J connectivity index is 2.54. The molecule has 0 atom stereocenters. The molecule has 0 unspecified atom stereocenters. The zero-order valence-corrected chi connectivity index (χ0v) is 10.9. The van der Waals surface area contributed by atoms with E-state index in [4.69, 9.17) is 11.6 Å². The van der Waals surface area contributed by atoms with Crippen molar-refractivity contribution < 1.29 is 13.2 Å². The Bertz CT molecular complexity index is 775. The van der Waals surface area contributed by atoms with Gasteiger partial charge >= 0.3 is 5.69 Å². The maximum Gasteiger partial charge on any atom is 0.332 e. The Morgan fingerprint density at radius 2 is 1.65 bits per heavy atom. The molecule has 1 heterocycles. The Morgan fingerprint density at radius 3 is 2.20 bits per heavy atom. The van der Waals surface area contributed by atoms with Gasteiger partial charge in [-0.3, -0.25) is 13.9 Å². The summed E-state index contributed by atoms with van der Waals surface area (Å²) in [4.78, 5) is 23.1. The van der Waals surface area contributed by atoms with Crippen LogP contribution in [0.2, 0.25) is 5.15 Å². The standard InChI is InChI=1S/C12H8ClF3N2O2/c1-17-10(19)4-9(13)18(12(17)20)5-6-2-7(14)11(16)8(15)3-6/h2-4H,5H2,1H3. The first-order valence-electron chi connectivity index (χ1n) is 5.41. The van der Waals surface area contributed by atoms with Crippen LogP contribution in [0.5, 0.6) is 0 Å². The normalized spacial score (nSPS) is 10.8. The van der Waals surface area contributed by atoms with E-state index in [9.17, 15) is 22.8 Å². The fourth-order valence-corrected chi connectivity index (χ4v) is 1.89. The monoisotopic (exact) mass is 304 g/mol. The van der Waals surface area contributed by atoms with E-state index in [1.54, 1.807) is 0 Å². The lowest BCUT2D eigenvalue weighted by atomic mass is 10.2. The Labute approximate surface area is 115 Å². The molecular weight excluding hydrogens is 297 g/mol. The summed E-state index contributed by atoms with van der Waals surface area (Å²) in [5, 5.41) is -0.178. The van der Waals surface area contributed by atoms with Gasteiger partial charge in [-0.2, -0.15) is 0 Å². The fourth-order valence-electron chi connectivity index (χ4n) is 1.67. The summed E-state index contributed by atoms with van der Waals surface area (Å²) in [7, 11) is 1.24. The molecule has 0 bridgehead atoms. The molecule has 0 fully saturated rings. The van der Waals surface area contributed by atoms with Crippen LogP contribution in [0.25, 0.3) is 0 Å². The first kappa shape index (κ1) is 14.4. The summed E-state index contributed by atoms with van der Waals surface area (Å²) in [6, 6.07) is 2.51. The van der Waals surface area contributed by atoms with E-state index >= 15 is 0 Å². The van der Waals surface area contributed by atoms with E-state index in [-0.39, 0.29) is 17.3 Å². The van der Waals surface area contributed by atoms with Gasteiger partial charge in [-0.05, 0) is 17.7 Å². The van der Waals surface area contributed by atoms with Crippen LogP contribution in [-0.4, -0.2) is 9.13 Å². The van der Waals surface area contributed by atoms with E-state index in [0.29, 0.717) is 0 Å². The van der Waals surface area contributed by atoms with Crippen LogP contribution in [0, 0.1) is 17.5 Å². The average Bonchev–Trinajstić information content (AvgIpc) is 2.38. The molecule has 20 heavy (non-hydrogen) atoms. The zero-order chi connectivity index (χ0) is 15.0. The molecule has 106 valence electrons. The number of halogens is 4. The minimum Gasteiger partial charge on any atom is -0.279 e. The molecule has 0 radical (unpaired) electrons. The van der Waals surface area contributed by atoms with Gasteiger partial charge in [0.25, 0.3) is 5.56 Å². The van der Waals surface area contributed by atoms with Crippen LogP contribution < -0.4 is 11.2 Å². The third-order valence-electron chi connectivity index (χ3n) is 2.73. The van der Waals surface area contributed by atoms with Gasteiger partial charge in [0.15, 0.2) is 17.5 Å². The van der Waals surface area contributed by atoms with E-state index in [0.717, 1.165) is 27.3 Å². The minimum atomic E-state index is -1.59. The molecular formula is C12H8ClF3N2O2. The predicted octanol–water partition coefficient (Wildman–Crippen LogP) is 1.67. The van der Waals surface area contributed by atoms with Gasteiger partial charge in [0.1, 0.15) is 5.15 Å². The summed E-state index contributed by atoms with van der Waals surface area (Å²) in [5.41, 5.74) is -1.34. The number of hydrogen-bond acceptors (Lipinski definition) is 2. The van der Waals surface area contributed by atoms with Crippen LogP contribution in [0.4, 0.5) is 13.2 Å². The van der Waals surface area contributed by atoms with E-state index in [1.807, 2.05) is 0 Å². The second-order valence-corrected chi connectivity index (χ2v) is 4.49. The molecule has 0 N–H and O–H groups in total. The smallest absolute Gasteiger partial charge is 0.279 e. The molecule has 4 nitrogen and oxygen atoms in total. The highest BCUT2D eigenvalue weighted by molar-refractivity contribution is 6.29. The molecule has 0 aliphatic carbocycles. The Kier molecular flexibility index (Phi) is 3.71. The van der Waals surface area contributed by atoms with Crippen molar-refractivity contribution in [1.82, 2.24) is 9.13 Å². The number of hydrogen-bond donors (Lipinski definition) is 0. The molecule has 2 rings (SSSR count). The van der Waals surface area contributed by atoms with E-state index in [2.05, 4.69) is 0 Å². The molecule has 0 spiro atoms. The van der Waals surface area contributed by atoms with Gasteiger partial charge in [-0.1, -0.05) is 11.6 Å². The number of aromatic nitrogens is 2. The number of nitrogens with zero attached hydrogens (tertiary/aromatic N) is 2. The fraction of sp³-hybridized carbons (Fsp3) is 0.167. The number of benzene rings is 1. The van der Waals surface area contributed by atoms with Crippen LogP contribution in [0.15, 0.2) is 27.8 Å². The average molecular weight is 305 g/mol. The molecule has 0 aliphatic heterocycles. The summed E-state index contributed by atoms with van der Waals surface area (Å²) in [5.74, 6) is -4.32. The van der Waals surface area contributed by atoms with Crippen molar-refractivity contribution in [3.63, 3.8) is 0 Å². The Morgan fingerprint density at radius 1 is 1.10 bits per heavy atom. The van der Waals surface area contributed by atoms with E-state index < -0.39 is 28.7 Å². The Hall–Kier alpha value is -2.02. The van der Waals surface area contributed by atoms with Gasteiger partial charge in [0, 0.05) is 13.1 Å². The van der Waals surface area contributed by atoms with E-state index in [1.165, 1.54) is 7.05 Å². The SMILES string of the molecule is Cn1c(=O)cc(Cl)n(Cc2cc(F)c(F)c(F)c2)c1=O. The summed E-state index contributed by atoms with van der Waals surface area (Å²) >= 11 is 5.76. The first-order valence-corrected chi connectivity index (χ1v) is 5.79. The highest BCUT2D eigenvalue weighted by Crippen LogP contribution is 2.15. The summed E-state index contributed by atoms with van der Waals surface area (Å²) in [6.45, 7) is -0.292. The molecule has 1 aromatic carbocycles. The maximum absolute atomic E-state index is 13.1. The first-order chi connectivity index (χ1) is 9.31. The predicted molar refractivity (Wildman–Crippen MR) is 66.4 cm³/mol. The van der Waals surface area contributed by atoms with Crippen LogP contribution in [0.3, 0.4) is 0 Å². The second-order valence-electron chi connectivity index (χ2n) is 4.11. The molecule has 1 aromatic heterocycles. The van der Waals surface area contributed by atoms with Gasteiger partial charge in [0.05, 0.1) is 6.54 Å². The lowest BCUT2D eigenvalue weighted by Crippen LogP contribution is -2.38. The highest BCUT2D eigenvalue weighted by atomic mass is 35.5. The van der Waals surface area contributed by atoms with Crippen molar-refractivity contribution in [3.05, 3.63) is 67.2 Å². The third-order valence-corrected chi connectivity index (χ3v) is 3.05. The topological polar surface area (TPSA) is 44.0 Å². The largest absolute Gasteiger partial charge is 0.332 e. The van der Waals surface area contributed by atoms with Crippen molar-refractivity contribution in [2.45, 2.75) is 6.54 Å². The minimum absolute atomic E-state index is 0.00375. The van der Waals surface area contributed by atoms with Crippen LogP contribution >= 0.6 is 11.6 Å². The molecule has 0 saturated carbocycles. The molecule has 0 saturated heterocycles. The lowest BCUT2D eigenvalue weighted by Gasteiger charge is -2.10. The van der Waals surface area contributed by atoms with Gasteiger partial charge < -0.3 is 0 Å². The van der Waals surface area contributed by atoms with Gasteiger partial charge in [0.2, 0.25) is 0 Å². The molecule has 8 heteroatoms. The molecule has 2 aromatic rings.